The van der Waals surface area contributed by atoms with Crippen molar-refractivity contribution in [1.29, 1.82) is 0 Å². The summed E-state index contributed by atoms with van der Waals surface area (Å²) in [6.07, 6.45) is 0.614. The summed E-state index contributed by atoms with van der Waals surface area (Å²) in [4.78, 5) is 2.47. The average Bonchev–Trinajstić information content (AvgIpc) is 2.44. The van der Waals surface area contributed by atoms with Crippen LogP contribution < -0.4 is 10.1 Å². The Morgan fingerprint density at radius 3 is 2.65 bits per heavy atom. The fraction of sp³-hybridized carbons (Fsp3) is 0.625. The first-order valence-corrected chi connectivity index (χ1v) is 7.31. The van der Waals surface area contributed by atoms with E-state index < -0.39 is 0 Å². The van der Waals surface area contributed by atoms with E-state index in [1.165, 1.54) is 5.56 Å². The van der Waals surface area contributed by atoms with Crippen molar-refractivity contribution >= 4 is 0 Å². The molecule has 0 spiro atoms. The SMILES string of the molecule is CNC(CN1C[C@@H](C)O[C@@H](C)C1)c1cccc(OC)c1. The molecule has 1 saturated heterocycles. The van der Waals surface area contributed by atoms with Gasteiger partial charge in [-0.25, -0.2) is 0 Å². The smallest absolute Gasteiger partial charge is 0.119 e. The quantitative estimate of drug-likeness (QED) is 0.894. The van der Waals surface area contributed by atoms with E-state index in [9.17, 15) is 0 Å². The lowest BCUT2D eigenvalue weighted by atomic mass is 10.1. The molecule has 0 saturated carbocycles. The van der Waals surface area contributed by atoms with Crippen molar-refractivity contribution in [1.82, 2.24) is 10.2 Å². The van der Waals surface area contributed by atoms with Crippen LogP contribution >= 0.6 is 0 Å². The predicted octanol–water partition coefficient (Wildman–Crippen LogP) is 2.06. The van der Waals surface area contributed by atoms with E-state index in [-0.39, 0.29) is 0 Å². The van der Waals surface area contributed by atoms with Crippen LogP contribution in [0.1, 0.15) is 25.5 Å². The largest absolute Gasteiger partial charge is 0.497 e. The molecule has 1 aromatic carbocycles. The van der Waals surface area contributed by atoms with Gasteiger partial charge in [0.15, 0.2) is 0 Å². The Morgan fingerprint density at radius 1 is 1.35 bits per heavy atom. The van der Waals surface area contributed by atoms with Crippen molar-refractivity contribution in [2.45, 2.75) is 32.1 Å². The summed E-state index contributed by atoms with van der Waals surface area (Å²) >= 11 is 0. The minimum atomic E-state index is 0.307. The van der Waals surface area contributed by atoms with Gasteiger partial charge in [-0.15, -0.1) is 0 Å². The highest BCUT2D eigenvalue weighted by Crippen LogP contribution is 2.21. The van der Waals surface area contributed by atoms with Gasteiger partial charge in [0.2, 0.25) is 0 Å². The van der Waals surface area contributed by atoms with Crippen LogP contribution in [0, 0.1) is 0 Å². The van der Waals surface area contributed by atoms with E-state index >= 15 is 0 Å². The van der Waals surface area contributed by atoms with Gasteiger partial charge in [0.05, 0.1) is 19.3 Å². The molecule has 1 N–H and O–H groups in total. The van der Waals surface area contributed by atoms with Crippen LogP contribution in [-0.4, -0.2) is 50.9 Å². The zero-order valence-corrected chi connectivity index (χ0v) is 12.9. The lowest BCUT2D eigenvalue weighted by Crippen LogP contribution is -2.48. The third kappa shape index (κ3) is 3.95. The van der Waals surface area contributed by atoms with Crippen molar-refractivity contribution in [2.75, 3.05) is 33.8 Å². The molecular formula is C16H26N2O2. The van der Waals surface area contributed by atoms with Gasteiger partial charge < -0.3 is 14.8 Å². The monoisotopic (exact) mass is 278 g/mol. The van der Waals surface area contributed by atoms with E-state index in [1.807, 2.05) is 19.2 Å². The minimum absolute atomic E-state index is 0.307. The van der Waals surface area contributed by atoms with Crippen LogP contribution in [0.4, 0.5) is 0 Å². The lowest BCUT2D eigenvalue weighted by molar-refractivity contribution is -0.0698. The zero-order valence-electron chi connectivity index (χ0n) is 12.9. The lowest BCUT2D eigenvalue weighted by Gasteiger charge is -2.37. The molecule has 3 atom stereocenters. The van der Waals surface area contributed by atoms with Crippen molar-refractivity contribution in [2.24, 2.45) is 0 Å². The Bertz CT molecular complexity index is 415. The van der Waals surface area contributed by atoms with Crippen LogP contribution in [0.3, 0.4) is 0 Å². The average molecular weight is 278 g/mol. The molecule has 1 fully saturated rings. The first kappa shape index (κ1) is 15.3. The van der Waals surface area contributed by atoms with Gasteiger partial charge >= 0.3 is 0 Å². The summed E-state index contributed by atoms with van der Waals surface area (Å²) < 4.78 is 11.1. The van der Waals surface area contributed by atoms with Crippen LogP contribution in [0.5, 0.6) is 5.75 Å². The van der Waals surface area contributed by atoms with Gasteiger partial charge in [0.25, 0.3) is 0 Å². The van der Waals surface area contributed by atoms with E-state index in [4.69, 9.17) is 9.47 Å². The highest BCUT2D eigenvalue weighted by atomic mass is 16.5. The first-order valence-electron chi connectivity index (χ1n) is 7.31. The van der Waals surface area contributed by atoms with E-state index in [1.54, 1.807) is 7.11 Å². The number of morpholine rings is 1. The second-order valence-electron chi connectivity index (χ2n) is 5.59. The third-order valence-electron chi connectivity index (χ3n) is 3.78. The van der Waals surface area contributed by atoms with Gasteiger partial charge in [0.1, 0.15) is 5.75 Å². The van der Waals surface area contributed by atoms with Gasteiger partial charge in [-0.3, -0.25) is 4.90 Å². The molecule has 2 rings (SSSR count). The second-order valence-corrected chi connectivity index (χ2v) is 5.59. The number of nitrogens with one attached hydrogen (secondary N) is 1. The van der Waals surface area contributed by atoms with Gasteiger partial charge in [-0.1, -0.05) is 12.1 Å². The Hall–Kier alpha value is -1.10. The topological polar surface area (TPSA) is 33.7 Å². The van der Waals surface area contributed by atoms with Crippen molar-refractivity contribution < 1.29 is 9.47 Å². The standard InChI is InChI=1S/C16H26N2O2/c1-12-9-18(10-13(2)20-12)11-16(17-3)14-6-5-7-15(8-14)19-4/h5-8,12-13,16-17H,9-11H2,1-4H3/t12-,13+,16?. The fourth-order valence-electron chi connectivity index (χ4n) is 2.91. The van der Waals surface area contributed by atoms with E-state index in [0.717, 1.165) is 25.4 Å². The molecule has 1 heterocycles. The molecular weight excluding hydrogens is 252 g/mol. The number of benzene rings is 1. The van der Waals surface area contributed by atoms with Gasteiger partial charge in [-0.2, -0.15) is 0 Å². The molecule has 4 nitrogen and oxygen atoms in total. The molecule has 1 aromatic rings. The molecule has 112 valence electrons. The molecule has 1 unspecified atom stereocenters. The molecule has 1 aliphatic rings. The van der Waals surface area contributed by atoms with Crippen molar-refractivity contribution in [3.8, 4) is 5.75 Å². The molecule has 0 amide bonds. The number of methoxy groups -OCH3 is 1. The first-order chi connectivity index (χ1) is 9.62. The maximum absolute atomic E-state index is 5.79. The molecule has 0 radical (unpaired) electrons. The van der Waals surface area contributed by atoms with Crippen molar-refractivity contribution in [3.63, 3.8) is 0 Å². The molecule has 0 aliphatic carbocycles. The van der Waals surface area contributed by atoms with E-state index in [0.29, 0.717) is 18.2 Å². The highest BCUT2D eigenvalue weighted by molar-refractivity contribution is 5.30. The Morgan fingerprint density at radius 2 is 2.05 bits per heavy atom. The number of ether oxygens (including phenoxy) is 2. The van der Waals surface area contributed by atoms with Crippen LogP contribution in [0.25, 0.3) is 0 Å². The molecule has 0 aromatic heterocycles. The number of rotatable bonds is 5. The number of hydrogen-bond donors (Lipinski definition) is 1. The van der Waals surface area contributed by atoms with Gasteiger partial charge in [0, 0.05) is 25.7 Å². The summed E-state index contributed by atoms with van der Waals surface area (Å²) in [5.74, 6) is 0.909. The maximum Gasteiger partial charge on any atom is 0.119 e. The Labute approximate surface area is 122 Å². The normalized spacial score (nSPS) is 25.4. The molecule has 20 heavy (non-hydrogen) atoms. The summed E-state index contributed by atoms with van der Waals surface area (Å²) in [6, 6.07) is 8.59. The van der Waals surface area contributed by atoms with Crippen molar-refractivity contribution in [3.05, 3.63) is 29.8 Å². The summed E-state index contributed by atoms with van der Waals surface area (Å²) in [6.45, 7) is 7.26. The van der Waals surface area contributed by atoms with Crippen LogP contribution in [-0.2, 0) is 4.74 Å². The molecule has 0 bridgehead atoms. The maximum atomic E-state index is 5.79. The number of hydrogen-bond acceptors (Lipinski definition) is 4. The molecule has 1 aliphatic heterocycles. The summed E-state index contributed by atoms with van der Waals surface area (Å²) in [5, 5.41) is 3.41. The zero-order chi connectivity index (χ0) is 14.5. The number of likely N-dealkylation sites (N-methyl/N-ethyl adjacent to an activating group) is 1. The third-order valence-corrected chi connectivity index (χ3v) is 3.78. The predicted molar refractivity (Wildman–Crippen MR) is 81.2 cm³/mol. The van der Waals surface area contributed by atoms with Gasteiger partial charge in [-0.05, 0) is 38.6 Å². The molecule has 4 heteroatoms. The second kappa shape index (κ2) is 7.07. The highest BCUT2D eigenvalue weighted by Gasteiger charge is 2.24. The summed E-state index contributed by atoms with van der Waals surface area (Å²) in [7, 11) is 3.72. The van der Waals surface area contributed by atoms with Crippen LogP contribution in [0.15, 0.2) is 24.3 Å². The summed E-state index contributed by atoms with van der Waals surface area (Å²) in [5.41, 5.74) is 1.26. The van der Waals surface area contributed by atoms with Crippen LogP contribution in [0.2, 0.25) is 0 Å². The van der Waals surface area contributed by atoms with E-state index in [2.05, 4.69) is 36.2 Å². The minimum Gasteiger partial charge on any atom is -0.497 e. The Balaban J connectivity index is 2.04. The number of nitrogens with zero attached hydrogens (tertiary/aromatic N) is 1. The Kier molecular flexibility index (Phi) is 5.40. The fourth-order valence-corrected chi connectivity index (χ4v) is 2.91.